The number of piperidine rings is 1. The molecule has 0 bridgehead atoms. The highest BCUT2D eigenvalue weighted by Gasteiger charge is 2.24. The summed E-state index contributed by atoms with van der Waals surface area (Å²) in [5, 5.41) is 12.1. The summed E-state index contributed by atoms with van der Waals surface area (Å²) in [6, 6.07) is 22.5. The van der Waals surface area contributed by atoms with E-state index < -0.39 is 0 Å². The third-order valence-corrected chi connectivity index (χ3v) is 5.87. The minimum absolute atomic E-state index is 0.0119. The molecule has 0 saturated carbocycles. The molecule has 1 aliphatic heterocycles. The van der Waals surface area contributed by atoms with E-state index in [2.05, 4.69) is 11.4 Å². The third-order valence-electron chi connectivity index (χ3n) is 5.87. The van der Waals surface area contributed by atoms with Crippen LogP contribution < -0.4 is 19.5 Å². The van der Waals surface area contributed by atoms with E-state index in [-0.39, 0.29) is 12.1 Å². The zero-order chi connectivity index (χ0) is 23.9. The highest BCUT2D eigenvalue weighted by Crippen LogP contribution is 2.35. The van der Waals surface area contributed by atoms with Crippen molar-refractivity contribution in [3.05, 3.63) is 72.3 Å². The summed E-state index contributed by atoms with van der Waals surface area (Å²) < 4.78 is 17.1. The van der Waals surface area contributed by atoms with Crippen molar-refractivity contribution in [3.8, 4) is 34.4 Å². The van der Waals surface area contributed by atoms with Crippen molar-refractivity contribution in [2.45, 2.75) is 18.9 Å². The average Bonchev–Trinajstić information content (AvgIpc) is 2.89. The van der Waals surface area contributed by atoms with Crippen LogP contribution in [0.4, 0.5) is 10.5 Å². The topological polar surface area (TPSA) is 83.8 Å². The Morgan fingerprint density at radius 3 is 2.50 bits per heavy atom. The molecule has 7 heteroatoms. The maximum absolute atomic E-state index is 12.7. The number of nitriles is 1. The van der Waals surface area contributed by atoms with E-state index in [9.17, 15) is 10.1 Å². The van der Waals surface area contributed by atoms with Gasteiger partial charge in [0.2, 0.25) is 0 Å². The molecule has 3 aromatic rings. The first-order valence-electron chi connectivity index (χ1n) is 11.2. The molecule has 0 atom stereocenters. The van der Waals surface area contributed by atoms with Gasteiger partial charge in [-0.15, -0.1) is 0 Å². The Bertz CT molecular complexity index is 1200. The second-order valence-corrected chi connectivity index (χ2v) is 7.99. The normalized spacial score (nSPS) is 13.6. The molecule has 4 rings (SSSR count). The second-order valence-electron chi connectivity index (χ2n) is 7.99. The van der Waals surface area contributed by atoms with Gasteiger partial charge in [0.05, 0.1) is 25.5 Å². The van der Waals surface area contributed by atoms with Gasteiger partial charge in [-0.25, -0.2) is 4.79 Å². The van der Waals surface area contributed by atoms with Crippen molar-refractivity contribution >= 4 is 11.7 Å². The van der Waals surface area contributed by atoms with Crippen LogP contribution >= 0.6 is 0 Å². The van der Waals surface area contributed by atoms with Gasteiger partial charge < -0.3 is 24.4 Å². The number of ether oxygens (including phenoxy) is 3. The molecule has 0 radical (unpaired) electrons. The number of para-hydroxylation sites is 1. The first-order chi connectivity index (χ1) is 16.6. The quantitative estimate of drug-likeness (QED) is 0.542. The zero-order valence-electron chi connectivity index (χ0n) is 19.3. The minimum atomic E-state index is -0.201. The van der Waals surface area contributed by atoms with Gasteiger partial charge in [-0.05, 0) is 48.0 Å². The number of rotatable bonds is 6. The van der Waals surface area contributed by atoms with Crippen molar-refractivity contribution < 1.29 is 19.0 Å². The lowest BCUT2D eigenvalue weighted by atomic mass is 10.0. The summed E-state index contributed by atoms with van der Waals surface area (Å²) >= 11 is 0. The number of methoxy groups -OCH3 is 2. The number of urea groups is 1. The van der Waals surface area contributed by atoms with Gasteiger partial charge in [0.25, 0.3) is 0 Å². The number of benzene rings is 3. The van der Waals surface area contributed by atoms with E-state index in [0.717, 1.165) is 41.2 Å². The van der Waals surface area contributed by atoms with Crippen LogP contribution in [0.1, 0.15) is 18.4 Å². The van der Waals surface area contributed by atoms with Gasteiger partial charge >= 0.3 is 6.03 Å². The van der Waals surface area contributed by atoms with Crippen molar-refractivity contribution in [1.82, 2.24) is 4.90 Å². The van der Waals surface area contributed by atoms with Crippen LogP contribution in [0.15, 0.2) is 66.7 Å². The van der Waals surface area contributed by atoms with E-state index in [1.807, 2.05) is 42.5 Å². The molecule has 2 amide bonds. The van der Waals surface area contributed by atoms with Crippen LogP contribution in [0, 0.1) is 11.3 Å². The molecular weight excluding hydrogens is 430 g/mol. The smallest absolute Gasteiger partial charge is 0.321 e. The highest BCUT2D eigenvalue weighted by molar-refractivity contribution is 5.90. The molecule has 1 N–H and O–H groups in total. The van der Waals surface area contributed by atoms with Crippen LogP contribution in [0.3, 0.4) is 0 Å². The Morgan fingerprint density at radius 1 is 0.971 bits per heavy atom. The summed E-state index contributed by atoms with van der Waals surface area (Å²) in [6.45, 7) is 1.16. The fourth-order valence-corrected chi connectivity index (χ4v) is 4.03. The number of anilines is 1. The lowest BCUT2D eigenvalue weighted by Gasteiger charge is -2.32. The van der Waals surface area contributed by atoms with Crippen LogP contribution in [-0.4, -0.2) is 44.3 Å². The van der Waals surface area contributed by atoms with Crippen molar-refractivity contribution in [1.29, 1.82) is 5.26 Å². The minimum Gasteiger partial charge on any atom is -0.497 e. The SMILES string of the molecule is COc1ccc(OC)c(-c2cccc(OC3CCN(C(=O)Nc4ccccc4C#N)CC3)c2)c1. The predicted octanol–water partition coefficient (Wildman–Crippen LogP) is 5.32. The number of carbonyl (C=O) groups excluding carboxylic acids is 1. The molecule has 34 heavy (non-hydrogen) atoms. The monoisotopic (exact) mass is 457 g/mol. The molecule has 1 fully saturated rings. The van der Waals surface area contributed by atoms with Crippen molar-refractivity contribution in [2.75, 3.05) is 32.6 Å². The fourth-order valence-electron chi connectivity index (χ4n) is 4.03. The average molecular weight is 458 g/mol. The molecule has 0 unspecified atom stereocenters. The van der Waals surface area contributed by atoms with Crippen molar-refractivity contribution in [2.24, 2.45) is 0 Å². The molecule has 1 heterocycles. The third kappa shape index (κ3) is 5.24. The number of nitrogens with one attached hydrogen (secondary N) is 1. The number of hydrogen-bond donors (Lipinski definition) is 1. The first-order valence-corrected chi connectivity index (χ1v) is 11.2. The largest absolute Gasteiger partial charge is 0.497 e. The van der Waals surface area contributed by atoms with Gasteiger partial charge in [0, 0.05) is 31.5 Å². The number of hydrogen-bond acceptors (Lipinski definition) is 5. The molecule has 0 aromatic heterocycles. The number of amides is 2. The van der Waals surface area contributed by atoms with Gasteiger partial charge in [-0.2, -0.15) is 5.26 Å². The maximum Gasteiger partial charge on any atom is 0.321 e. The highest BCUT2D eigenvalue weighted by atomic mass is 16.5. The summed E-state index contributed by atoms with van der Waals surface area (Å²) in [7, 11) is 3.29. The molecular formula is C27H27N3O4. The van der Waals surface area contributed by atoms with Crippen LogP contribution in [0.2, 0.25) is 0 Å². The fraction of sp³-hybridized carbons (Fsp3) is 0.259. The molecule has 3 aromatic carbocycles. The summed E-state index contributed by atoms with van der Waals surface area (Å²) in [5.74, 6) is 2.29. The van der Waals surface area contributed by atoms with Crippen LogP contribution in [0.25, 0.3) is 11.1 Å². The van der Waals surface area contributed by atoms with Gasteiger partial charge in [-0.3, -0.25) is 0 Å². The van der Waals surface area contributed by atoms with E-state index in [1.165, 1.54) is 0 Å². The van der Waals surface area contributed by atoms with Gasteiger partial charge in [0.15, 0.2) is 0 Å². The lowest BCUT2D eigenvalue weighted by molar-refractivity contribution is 0.115. The van der Waals surface area contributed by atoms with Crippen LogP contribution in [-0.2, 0) is 0 Å². The number of carbonyl (C=O) groups is 1. The molecule has 0 aliphatic carbocycles. The van der Waals surface area contributed by atoms with Crippen molar-refractivity contribution in [3.63, 3.8) is 0 Å². The predicted molar refractivity (Wildman–Crippen MR) is 130 cm³/mol. The van der Waals surface area contributed by atoms with Gasteiger partial charge in [-0.1, -0.05) is 24.3 Å². The number of nitrogens with zero attached hydrogens (tertiary/aromatic N) is 2. The summed E-state index contributed by atoms with van der Waals surface area (Å²) in [6.07, 6.45) is 1.46. The van der Waals surface area contributed by atoms with Crippen LogP contribution in [0.5, 0.6) is 17.2 Å². The second kappa shape index (κ2) is 10.6. The Kier molecular flexibility index (Phi) is 7.19. The van der Waals surface area contributed by atoms with Gasteiger partial charge in [0.1, 0.15) is 29.4 Å². The molecule has 1 aliphatic rings. The summed E-state index contributed by atoms with van der Waals surface area (Å²) in [4.78, 5) is 14.4. The maximum atomic E-state index is 12.7. The Labute approximate surface area is 199 Å². The zero-order valence-corrected chi connectivity index (χ0v) is 19.3. The molecule has 7 nitrogen and oxygen atoms in total. The Morgan fingerprint density at radius 2 is 1.76 bits per heavy atom. The summed E-state index contributed by atoms with van der Waals surface area (Å²) in [5.41, 5.74) is 2.87. The molecule has 0 spiro atoms. The van der Waals surface area contributed by atoms with E-state index >= 15 is 0 Å². The first kappa shape index (κ1) is 23.0. The standard InChI is InChI=1S/C27H27N3O4/c1-32-22-10-11-26(33-2)24(17-22)19-7-5-8-23(16-19)34-21-12-14-30(15-13-21)27(31)29-25-9-4-3-6-20(25)18-28/h3-11,16-17,21H,12-15H2,1-2H3,(H,29,31). The van der Waals surface area contributed by atoms with E-state index in [4.69, 9.17) is 14.2 Å². The lowest BCUT2D eigenvalue weighted by Crippen LogP contribution is -2.43. The Hall–Kier alpha value is -4.18. The van der Waals surface area contributed by atoms with E-state index in [0.29, 0.717) is 24.3 Å². The van der Waals surface area contributed by atoms with E-state index in [1.54, 1.807) is 43.4 Å². The number of likely N-dealkylation sites (tertiary alicyclic amines) is 1. The molecule has 1 saturated heterocycles. The molecule has 174 valence electrons. The Balaban J connectivity index is 1.38.